The SMILES string of the molecule is COc1csc(-c2nnc3n2CCNC3C(C)C)c1. The van der Waals surface area contributed by atoms with Gasteiger partial charge in [-0.15, -0.1) is 21.5 Å². The Morgan fingerprint density at radius 3 is 3.00 bits per heavy atom. The predicted molar refractivity (Wildman–Crippen MR) is 75.5 cm³/mol. The molecule has 1 atom stereocenters. The number of thiophene rings is 1. The van der Waals surface area contributed by atoms with E-state index in [1.54, 1.807) is 18.4 Å². The minimum Gasteiger partial charge on any atom is -0.496 e. The van der Waals surface area contributed by atoms with Crippen molar-refractivity contribution in [3.05, 3.63) is 17.3 Å². The van der Waals surface area contributed by atoms with Crippen LogP contribution in [0, 0.1) is 5.92 Å². The number of nitrogens with one attached hydrogen (secondary N) is 1. The highest BCUT2D eigenvalue weighted by atomic mass is 32.1. The average Bonchev–Trinajstić information content (AvgIpc) is 3.03. The molecule has 0 aliphatic carbocycles. The lowest BCUT2D eigenvalue weighted by atomic mass is 10.0. The van der Waals surface area contributed by atoms with Crippen LogP contribution in [-0.2, 0) is 6.54 Å². The molecule has 0 saturated heterocycles. The Morgan fingerprint density at radius 2 is 2.32 bits per heavy atom. The lowest BCUT2D eigenvalue weighted by molar-refractivity contribution is 0.339. The maximum atomic E-state index is 5.24. The second kappa shape index (κ2) is 4.94. The lowest BCUT2D eigenvalue weighted by Crippen LogP contribution is -2.36. The third-order valence-electron chi connectivity index (χ3n) is 3.46. The molecule has 2 aromatic heterocycles. The van der Waals surface area contributed by atoms with Crippen molar-refractivity contribution in [2.75, 3.05) is 13.7 Å². The molecular weight excluding hydrogens is 260 g/mol. The number of fused-ring (bicyclic) bond motifs is 1. The van der Waals surface area contributed by atoms with Crippen LogP contribution in [0.2, 0.25) is 0 Å². The van der Waals surface area contributed by atoms with Crippen molar-refractivity contribution in [3.63, 3.8) is 0 Å². The second-order valence-corrected chi connectivity index (χ2v) is 5.97. The molecule has 3 heterocycles. The molecule has 1 N–H and O–H groups in total. The number of hydrogen-bond acceptors (Lipinski definition) is 5. The smallest absolute Gasteiger partial charge is 0.174 e. The molecule has 3 rings (SSSR count). The Balaban J connectivity index is 2.00. The van der Waals surface area contributed by atoms with Gasteiger partial charge in [-0.1, -0.05) is 13.8 Å². The summed E-state index contributed by atoms with van der Waals surface area (Å²) < 4.78 is 7.47. The van der Waals surface area contributed by atoms with Crippen molar-refractivity contribution >= 4 is 11.3 Å². The fourth-order valence-corrected chi connectivity index (χ4v) is 3.30. The summed E-state index contributed by atoms with van der Waals surface area (Å²) in [5, 5.41) is 14.3. The van der Waals surface area contributed by atoms with Gasteiger partial charge in [0.2, 0.25) is 0 Å². The van der Waals surface area contributed by atoms with Gasteiger partial charge in [0.25, 0.3) is 0 Å². The molecule has 102 valence electrons. The molecule has 6 heteroatoms. The topological polar surface area (TPSA) is 52.0 Å². The first-order chi connectivity index (χ1) is 9.20. The van der Waals surface area contributed by atoms with Crippen LogP contribution in [0.3, 0.4) is 0 Å². The summed E-state index contributed by atoms with van der Waals surface area (Å²) in [6.07, 6.45) is 0. The first kappa shape index (κ1) is 12.6. The number of rotatable bonds is 3. The fraction of sp³-hybridized carbons (Fsp3) is 0.538. The van der Waals surface area contributed by atoms with E-state index in [0.717, 1.165) is 35.4 Å². The van der Waals surface area contributed by atoms with E-state index in [1.807, 2.05) is 11.4 Å². The average molecular weight is 278 g/mol. The summed E-state index contributed by atoms with van der Waals surface area (Å²) in [6, 6.07) is 2.31. The highest BCUT2D eigenvalue weighted by Crippen LogP contribution is 2.33. The zero-order valence-electron chi connectivity index (χ0n) is 11.4. The zero-order chi connectivity index (χ0) is 13.4. The third kappa shape index (κ3) is 2.15. The first-order valence-corrected chi connectivity index (χ1v) is 7.38. The molecule has 0 spiro atoms. The molecule has 0 amide bonds. The molecule has 0 aromatic carbocycles. The van der Waals surface area contributed by atoms with Crippen molar-refractivity contribution in [1.82, 2.24) is 20.1 Å². The Labute approximate surface area is 116 Å². The zero-order valence-corrected chi connectivity index (χ0v) is 12.2. The van der Waals surface area contributed by atoms with Gasteiger partial charge >= 0.3 is 0 Å². The van der Waals surface area contributed by atoms with E-state index in [1.165, 1.54) is 0 Å². The number of ether oxygens (including phenoxy) is 1. The normalized spacial score (nSPS) is 18.6. The molecule has 1 aliphatic heterocycles. The van der Waals surface area contributed by atoms with E-state index >= 15 is 0 Å². The monoisotopic (exact) mass is 278 g/mol. The van der Waals surface area contributed by atoms with Gasteiger partial charge < -0.3 is 14.6 Å². The Bertz CT molecular complexity index is 575. The quantitative estimate of drug-likeness (QED) is 0.936. The van der Waals surface area contributed by atoms with Crippen LogP contribution in [0.25, 0.3) is 10.7 Å². The molecule has 0 bridgehead atoms. The van der Waals surface area contributed by atoms with Gasteiger partial charge in [-0.05, 0) is 5.92 Å². The maximum Gasteiger partial charge on any atom is 0.174 e. The Morgan fingerprint density at radius 1 is 1.47 bits per heavy atom. The van der Waals surface area contributed by atoms with Crippen LogP contribution < -0.4 is 10.1 Å². The van der Waals surface area contributed by atoms with Gasteiger partial charge in [-0.25, -0.2) is 0 Å². The lowest BCUT2D eigenvalue weighted by Gasteiger charge is -2.27. The highest BCUT2D eigenvalue weighted by molar-refractivity contribution is 7.13. The van der Waals surface area contributed by atoms with E-state index in [0.29, 0.717) is 5.92 Å². The molecule has 1 unspecified atom stereocenters. The van der Waals surface area contributed by atoms with E-state index in [-0.39, 0.29) is 6.04 Å². The minimum atomic E-state index is 0.289. The standard InChI is InChI=1S/C13H18N4OS/c1-8(2)11-13-16-15-12(17(13)5-4-14-11)10-6-9(18-3)7-19-10/h6-8,11,14H,4-5H2,1-3H3. The van der Waals surface area contributed by atoms with Gasteiger partial charge in [-0.2, -0.15) is 0 Å². The Hall–Kier alpha value is -1.40. The van der Waals surface area contributed by atoms with Crippen LogP contribution in [0.5, 0.6) is 5.75 Å². The number of nitrogens with zero attached hydrogens (tertiary/aromatic N) is 3. The summed E-state index contributed by atoms with van der Waals surface area (Å²) in [5.41, 5.74) is 0. The van der Waals surface area contributed by atoms with Crippen LogP contribution in [0.15, 0.2) is 11.4 Å². The number of hydrogen-bond donors (Lipinski definition) is 1. The van der Waals surface area contributed by atoms with Gasteiger partial charge in [0, 0.05) is 24.5 Å². The Kier molecular flexibility index (Phi) is 3.28. The molecule has 2 aromatic rings. The summed E-state index contributed by atoms with van der Waals surface area (Å²) in [7, 11) is 1.68. The highest BCUT2D eigenvalue weighted by Gasteiger charge is 2.27. The van der Waals surface area contributed by atoms with E-state index in [9.17, 15) is 0 Å². The van der Waals surface area contributed by atoms with E-state index in [4.69, 9.17) is 4.74 Å². The second-order valence-electron chi connectivity index (χ2n) is 5.06. The number of aromatic nitrogens is 3. The van der Waals surface area contributed by atoms with Crippen LogP contribution in [0.1, 0.15) is 25.7 Å². The van der Waals surface area contributed by atoms with Crippen molar-refractivity contribution < 1.29 is 4.74 Å². The third-order valence-corrected chi connectivity index (χ3v) is 4.36. The maximum absolute atomic E-state index is 5.24. The van der Waals surface area contributed by atoms with Gasteiger partial charge in [0.15, 0.2) is 11.6 Å². The molecule has 19 heavy (non-hydrogen) atoms. The summed E-state index contributed by atoms with van der Waals surface area (Å²) in [5.74, 6) is 3.39. The van der Waals surface area contributed by atoms with Gasteiger partial charge in [-0.3, -0.25) is 0 Å². The molecule has 5 nitrogen and oxygen atoms in total. The minimum absolute atomic E-state index is 0.289. The van der Waals surface area contributed by atoms with Gasteiger partial charge in [0.05, 0.1) is 18.0 Å². The van der Waals surface area contributed by atoms with Gasteiger partial charge in [0.1, 0.15) is 5.75 Å². The fourth-order valence-electron chi connectivity index (χ4n) is 2.45. The van der Waals surface area contributed by atoms with Crippen LogP contribution >= 0.6 is 11.3 Å². The summed E-state index contributed by atoms with van der Waals surface area (Å²) in [4.78, 5) is 1.11. The molecular formula is C13H18N4OS. The van der Waals surface area contributed by atoms with Crippen LogP contribution in [0.4, 0.5) is 0 Å². The van der Waals surface area contributed by atoms with E-state index in [2.05, 4.69) is 33.9 Å². The predicted octanol–water partition coefficient (Wildman–Crippen LogP) is 2.32. The first-order valence-electron chi connectivity index (χ1n) is 6.50. The van der Waals surface area contributed by atoms with E-state index < -0.39 is 0 Å². The summed E-state index contributed by atoms with van der Waals surface area (Å²) >= 11 is 1.65. The molecule has 0 radical (unpaired) electrons. The van der Waals surface area contributed by atoms with Crippen molar-refractivity contribution in [3.8, 4) is 16.5 Å². The van der Waals surface area contributed by atoms with Crippen molar-refractivity contribution in [1.29, 1.82) is 0 Å². The molecule has 0 saturated carbocycles. The van der Waals surface area contributed by atoms with Crippen molar-refractivity contribution in [2.24, 2.45) is 5.92 Å². The van der Waals surface area contributed by atoms with Crippen molar-refractivity contribution in [2.45, 2.75) is 26.4 Å². The number of methoxy groups -OCH3 is 1. The molecule has 0 fully saturated rings. The summed E-state index contributed by atoms with van der Waals surface area (Å²) in [6.45, 7) is 6.29. The molecule has 1 aliphatic rings. The largest absolute Gasteiger partial charge is 0.496 e. The van der Waals surface area contributed by atoms with Crippen LogP contribution in [-0.4, -0.2) is 28.4 Å².